The predicted octanol–water partition coefficient (Wildman–Crippen LogP) is 4.74. The van der Waals surface area contributed by atoms with Crippen LogP contribution >= 0.6 is 0 Å². The van der Waals surface area contributed by atoms with Crippen molar-refractivity contribution < 1.29 is 19.2 Å². The molecule has 1 aliphatic carbocycles. The van der Waals surface area contributed by atoms with Gasteiger partial charge in [-0.1, -0.05) is 45.0 Å². The fourth-order valence-corrected chi connectivity index (χ4v) is 6.68. The van der Waals surface area contributed by atoms with E-state index in [0.717, 1.165) is 25.8 Å². The number of hydrogen-bond donors (Lipinski definition) is 1. The van der Waals surface area contributed by atoms with E-state index in [9.17, 15) is 19.2 Å². The van der Waals surface area contributed by atoms with Gasteiger partial charge in [-0.15, -0.1) is 0 Å². The van der Waals surface area contributed by atoms with Crippen LogP contribution in [0.5, 0.6) is 0 Å². The van der Waals surface area contributed by atoms with Crippen molar-refractivity contribution in [3.05, 3.63) is 65.2 Å². The van der Waals surface area contributed by atoms with E-state index >= 15 is 0 Å². The van der Waals surface area contributed by atoms with Crippen molar-refractivity contribution in [2.24, 2.45) is 10.8 Å². The lowest BCUT2D eigenvalue weighted by Crippen LogP contribution is -2.38. The van der Waals surface area contributed by atoms with Gasteiger partial charge in [0, 0.05) is 25.6 Å². The Morgan fingerprint density at radius 3 is 2.28 bits per heavy atom. The molecule has 2 heterocycles. The van der Waals surface area contributed by atoms with Crippen LogP contribution in [0.2, 0.25) is 0 Å². The van der Waals surface area contributed by atoms with E-state index in [-0.39, 0.29) is 53.5 Å². The molecule has 2 aliphatic heterocycles. The first-order chi connectivity index (χ1) is 17.1. The molecule has 2 atom stereocenters. The lowest BCUT2D eigenvalue weighted by Gasteiger charge is -2.39. The Morgan fingerprint density at radius 2 is 1.58 bits per heavy atom. The number of hydrogen-bond acceptors (Lipinski definition) is 4. The summed E-state index contributed by atoms with van der Waals surface area (Å²) in [5.41, 5.74) is 2.15. The second-order valence-electron chi connectivity index (χ2n) is 11.7. The second kappa shape index (κ2) is 8.87. The summed E-state index contributed by atoms with van der Waals surface area (Å²) >= 11 is 0. The number of para-hydroxylation sites is 1. The molecule has 0 radical (unpaired) electrons. The number of rotatable bonds is 6. The summed E-state index contributed by atoms with van der Waals surface area (Å²) in [5, 5.41) is 2.89. The monoisotopic (exact) mass is 487 g/mol. The Labute approximate surface area is 211 Å². The lowest BCUT2D eigenvalue weighted by atomic mass is 9.65. The number of nitrogens with zero attached hydrogens (tertiary/aromatic N) is 2. The summed E-state index contributed by atoms with van der Waals surface area (Å²) < 4.78 is 0. The van der Waals surface area contributed by atoms with Crippen LogP contribution in [-0.4, -0.2) is 52.6 Å². The highest BCUT2D eigenvalue weighted by molar-refractivity contribution is 6.21. The molecule has 188 valence electrons. The third-order valence-electron chi connectivity index (χ3n) is 7.77. The van der Waals surface area contributed by atoms with E-state index in [2.05, 4.69) is 26.1 Å². The van der Waals surface area contributed by atoms with Gasteiger partial charge in [0.2, 0.25) is 5.91 Å². The fourth-order valence-electron chi connectivity index (χ4n) is 6.68. The molecule has 2 aromatic rings. The van der Waals surface area contributed by atoms with Gasteiger partial charge in [0.05, 0.1) is 22.4 Å². The number of carbonyl (C=O) groups is 4. The summed E-state index contributed by atoms with van der Waals surface area (Å²) in [6.07, 6.45) is 3.59. The Morgan fingerprint density at radius 1 is 0.944 bits per heavy atom. The van der Waals surface area contributed by atoms with Crippen LogP contribution < -0.4 is 5.32 Å². The van der Waals surface area contributed by atoms with E-state index < -0.39 is 0 Å². The molecular weight excluding hydrogens is 454 g/mol. The van der Waals surface area contributed by atoms with Crippen molar-refractivity contribution in [1.29, 1.82) is 0 Å². The molecule has 3 aliphatic rings. The van der Waals surface area contributed by atoms with Crippen LogP contribution in [-0.2, 0) is 4.79 Å². The minimum absolute atomic E-state index is 0.0386. The first-order valence-electron chi connectivity index (χ1n) is 12.7. The Hall–Kier alpha value is -3.48. The highest BCUT2D eigenvalue weighted by Crippen LogP contribution is 2.52. The molecule has 7 heteroatoms. The van der Waals surface area contributed by atoms with E-state index in [4.69, 9.17) is 0 Å². The first-order valence-corrected chi connectivity index (χ1v) is 12.7. The summed E-state index contributed by atoms with van der Waals surface area (Å²) in [7, 11) is 0. The zero-order valence-electron chi connectivity index (χ0n) is 21.2. The third-order valence-corrected chi connectivity index (χ3v) is 7.77. The zero-order valence-corrected chi connectivity index (χ0v) is 21.2. The zero-order chi connectivity index (χ0) is 25.7. The molecule has 1 N–H and O–H groups in total. The van der Waals surface area contributed by atoms with Crippen molar-refractivity contribution >= 4 is 29.3 Å². The van der Waals surface area contributed by atoms with Gasteiger partial charge in [-0.05, 0) is 60.8 Å². The van der Waals surface area contributed by atoms with Gasteiger partial charge >= 0.3 is 0 Å². The maximum atomic E-state index is 13.6. The smallest absolute Gasteiger partial charge is 0.261 e. The average Bonchev–Trinajstić information content (AvgIpc) is 3.22. The summed E-state index contributed by atoms with van der Waals surface area (Å²) in [4.78, 5) is 54.6. The van der Waals surface area contributed by atoms with Crippen LogP contribution in [0.3, 0.4) is 0 Å². The lowest BCUT2D eigenvalue weighted by molar-refractivity contribution is -0.116. The topological polar surface area (TPSA) is 86.8 Å². The second-order valence-corrected chi connectivity index (χ2v) is 11.7. The summed E-state index contributed by atoms with van der Waals surface area (Å²) in [5.74, 6) is -0.928. The molecule has 0 spiro atoms. The maximum absolute atomic E-state index is 13.6. The van der Waals surface area contributed by atoms with Crippen molar-refractivity contribution in [3.63, 3.8) is 0 Å². The molecule has 4 amide bonds. The van der Waals surface area contributed by atoms with Crippen LogP contribution in [0.1, 0.15) is 83.9 Å². The quantitative estimate of drug-likeness (QED) is 0.596. The minimum Gasteiger partial charge on any atom is -0.335 e. The number of carbonyl (C=O) groups excluding carboxylic acids is 4. The van der Waals surface area contributed by atoms with Crippen LogP contribution in [0, 0.1) is 10.8 Å². The number of anilines is 1. The minimum atomic E-state index is -0.320. The largest absolute Gasteiger partial charge is 0.335 e. The van der Waals surface area contributed by atoms with E-state index in [1.807, 2.05) is 11.0 Å². The SMILES string of the molecule is CC1(C)CC2CC(C)(CN2C(=O)c2ccccc2NC(=O)CCCN2C(=O)c3ccccc3C2=O)C1. The standard InChI is InChI=1S/C29H33N3O4/c1-28(2)15-19-16-29(3,17-28)18-32(19)27(36)22-11-6-7-12-23(22)30-24(33)13-8-14-31-25(34)20-9-4-5-10-21(20)26(31)35/h4-7,9-12,19H,8,13-18H2,1-3H3,(H,30,33). The van der Waals surface area contributed by atoms with E-state index in [1.165, 1.54) is 4.90 Å². The van der Waals surface area contributed by atoms with Crippen molar-refractivity contribution in [2.75, 3.05) is 18.4 Å². The van der Waals surface area contributed by atoms with Gasteiger partial charge < -0.3 is 10.2 Å². The number of nitrogens with one attached hydrogen (secondary N) is 1. The molecule has 2 aromatic carbocycles. The Balaban J connectivity index is 1.21. The van der Waals surface area contributed by atoms with Crippen LogP contribution in [0.25, 0.3) is 0 Å². The van der Waals surface area contributed by atoms with Gasteiger partial charge in [0.25, 0.3) is 17.7 Å². The van der Waals surface area contributed by atoms with Crippen LogP contribution in [0.15, 0.2) is 48.5 Å². The summed E-state index contributed by atoms with van der Waals surface area (Å²) in [6, 6.07) is 14.1. The molecule has 0 aromatic heterocycles. The van der Waals surface area contributed by atoms with Gasteiger partial charge in [-0.25, -0.2) is 0 Å². The molecule has 7 nitrogen and oxygen atoms in total. The number of imide groups is 1. The van der Waals surface area contributed by atoms with E-state index in [1.54, 1.807) is 42.5 Å². The molecule has 5 rings (SSSR count). The fraction of sp³-hybridized carbons (Fsp3) is 0.448. The Bertz CT molecular complexity index is 1220. The third kappa shape index (κ3) is 4.43. The van der Waals surface area contributed by atoms with Crippen molar-refractivity contribution in [2.45, 2.75) is 58.9 Å². The molecule has 36 heavy (non-hydrogen) atoms. The maximum Gasteiger partial charge on any atom is 0.261 e. The highest BCUT2D eigenvalue weighted by atomic mass is 16.2. The number of amides is 4. The van der Waals surface area contributed by atoms with Crippen LogP contribution in [0.4, 0.5) is 5.69 Å². The van der Waals surface area contributed by atoms with E-state index in [0.29, 0.717) is 28.8 Å². The van der Waals surface area contributed by atoms with Gasteiger partial charge in [0.1, 0.15) is 0 Å². The first kappa shape index (κ1) is 24.2. The molecule has 2 unspecified atom stereocenters. The number of benzene rings is 2. The molecule has 1 saturated carbocycles. The molecule has 2 fully saturated rings. The van der Waals surface area contributed by atoms with Gasteiger partial charge in [-0.2, -0.15) is 0 Å². The Kier molecular flexibility index (Phi) is 5.97. The number of fused-ring (bicyclic) bond motifs is 3. The summed E-state index contributed by atoms with van der Waals surface area (Å²) in [6.45, 7) is 7.74. The van der Waals surface area contributed by atoms with Crippen molar-refractivity contribution in [3.8, 4) is 0 Å². The number of likely N-dealkylation sites (tertiary alicyclic amines) is 1. The van der Waals surface area contributed by atoms with Crippen molar-refractivity contribution in [1.82, 2.24) is 9.80 Å². The normalized spacial score (nSPS) is 24.1. The molecule has 1 saturated heterocycles. The van der Waals surface area contributed by atoms with Gasteiger partial charge in [0.15, 0.2) is 0 Å². The molecular formula is C29H33N3O4. The average molecular weight is 488 g/mol. The van der Waals surface area contributed by atoms with Gasteiger partial charge in [-0.3, -0.25) is 24.1 Å². The predicted molar refractivity (Wildman–Crippen MR) is 137 cm³/mol. The highest BCUT2D eigenvalue weighted by Gasteiger charge is 2.51. The molecule has 2 bridgehead atoms.